The van der Waals surface area contributed by atoms with Crippen molar-refractivity contribution in [3.63, 3.8) is 0 Å². The van der Waals surface area contributed by atoms with Gasteiger partial charge in [0.2, 0.25) is 5.91 Å². The van der Waals surface area contributed by atoms with Crippen molar-refractivity contribution in [1.29, 1.82) is 0 Å². The second kappa shape index (κ2) is 19.3. The van der Waals surface area contributed by atoms with E-state index in [1.807, 2.05) is 30.3 Å². The molecule has 226 valence electrons. The Hall–Kier alpha value is -3.88. The minimum Gasteiger partial charge on any atom is -0.508 e. The van der Waals surface area contributed by atoms with Crippen molar-refractivity contribution in [3.8, 4) is 5.75 Å². The Morgan fingerprint density at radius 3 is 2.00 bits per heavy atom. The summed E-state index contributed by atoms with van der Waals surface area (Å²) in [5, 5.41) is 12.1. The number of carbonyl (C=O) groups excluding carboxylic acids is 3. The lowest BCUT2D eigenvalue weighted by atomic mass is 10.0. The number of phenols is 1. The van der Waals surface area contributed by atoms with E-state index in [4.69, 9.17) is 10.6 Å². The lowest BCUT2D eigenvalue weighted by Gasteiger charge is -2.12. The molecule has 0 unspecified atom stereocenters. The van der Waals surface area contributed by atoms with Crippen molar-refractivity contribution in [3.05, 3.63) is 101 Å². The quantitative estimate of drug-likeness (QED) is 0.140. The average molecular weight is 596 g/mol. The summed E-state index contributed by atoms with van der Waals surface area (Å²) in [6.07, 6.45) is 7.00. The molecule has 3 rings (SSSR count). The van der Waals surface area contributed by atoms with Crippen LogP contribution in [-0.4, -0.2) is 35.5 Å². The lowest BCUT2D eigenvalue weighted by molar-refractivity contribution is -0.158. The van der Waals surface area contributed by atoms with Gasteiger partial charge in [0, 0.05) is 13.0 Å². The normalized spacial score (nSPS) is 11.2. The zero-order valence-corrected chi connectivity index (χ0v) is 24.7. The summed E-state index contributed by atoms with van der Waals surface area (Å²) < 4.78 is 0. The standard InChI is InChI=1S/C33H41N3O5.ClH/c34-30(23-27-18-20-29(37)21-19-27)33(40)35-22-8-2-5-13-32(39)41-36-31(38)24-28-16-14-26(15-17-28)12-7-6-11-25-9-3-1-4-10-25;/h1,3-4,9-10,14-21,30,37H,2,5-8,11-13,22-24,34H2,(H,35,40)(H,36,38);1H/t30-;/m0./s1. The van der Waals surface area contributed by atoms with E-state index in [2.05, 4.69) is 35.1 Å². The molecule has 0 radical (unpaired) electrons. The number of nitrogens with two attached hydrogens (primary N) is 1. The van der Waals surface area contributed by atoms with Crippen LogP contribution in [0.25, 0.3) is 0 Å². The van der Waals surface area contributed by atoms with E-state index < -0.39 is 12.0 Å². The Morgan fingerprint density at radius 2 is 1.33 bits per heavy atom. The van der Waals surface area contributed by atoms with E-state index in [0.29, 0.717) is 25.8 Å². The smallest absolute Gasteiger partial charge is 0.332 e. The van der Waals surface area contributed by atoms with Crippen LogP contribution in [0.2, 0.25) is 0 Å². The summed E-state index contributed by atoms with van der Waals surface area (Å²) in [7, 11) is 0. The van der Waals surface area contributed by atoms with E-state index in [1.165, 1.54) is 11.1 Å². The first-order valence-corrected chi connectivity index (χ1v) is 14.3. The van der Waals surface area contributed by atoms with Gasteiger partial charge in [0.15, 0.2) is 0 Å². The van der Waals surface area contributed by atoms with E-state index >= 15 is 0 Å². The Kier molecular flexibility index (Phi) is 15.8. The number of phenolic OH excluding ortho intramolecular Hbond substituents is 1. The molecule has 0 spiro atoms. The highest BCUT2D eigenvalue weighted by Gasteiger charge is 2.14. The average Bonchev–Trinajstić information content (AvgIpc) is 2.98. The number of nitrogens with one attached hydrogen (secondary N) is 2. The van der Waals surface area contributed by atoms with Gasteiger partial charge in [-0.3, -0.25) is 9.59 Å². The van der Waals surface area contributed by atoms with E-state index in [9.17, 15) is 19.5 Å². The molecule has 0 aliphatic heterocycles. The molecule has 0 aromatic heterocycles. The van der Waals surface area contributed by atoms with Crippen LogP contribution in [0.4, 0.5) is 0 Å². The molecule has 9 heteroatoms. The molecule has 0 aliphatic rings. The van der Waals surface area contributed by atoms with Gasteiger partial charge in [-0.15, -0.1) is 12.4 Å². The number of unbranched alkanes of at least 4 members (excludes halogenated alkanes) is 3. The van der Waals surface area contributed by atoms with Gasteiger partial charge in [0.05, 0.1) is 12.5 Å². The fourth-order valence-corrected chi connectivity index (χ4v) is 4.41. The Bertz CT molecular complexity index is 1220. The van der Waals surface area contributed by atoms with Crippen molar-refractivity contribution >= 4 is 30.2 Å². The highest BCUT2D eigenvalue weighted by molar-refractivity contribution is 5.85. The fraction of sp³-hybridized carbons (Fsp3) is 0.364. The van der Waals surface area contributed by atoms with Gasteiger partial charge >= 0.3 is 5.97 Å². The zero-order valence-electron chi connectivity index (χ0n) is 23.9. The van der Waals surface area contributed by atoms with E-state index in [1.54, 1.807) is 24.3 Å². The maximum atomic E-state index is 12.2. The van der Waals surface area contributed by atoms with Crippen molar-refractivity contribution in [2.45, 2.75) is 70.3 Å². The number of hydrogen-bond acceptors (Lipinski definition) is 6. The predicted molar refractivity (Wildman–Crippen MR) is 166 cm³/mol. The molecule has 0 saturated carbocycles. The van der Waals surface area contributed by atoms with Crippen LogP contribution in [0.3, 0.4) is 0 Å². The maximum absolute atomic E-state index is 12.2. The van der Waals surface area contributed by atoms with Crippen LogP contribution in [-0.2, 0) is 44.9 Å². The number of hydrogen-bond donors (Lipinski definition) is 4. The Labute approximate surface area is 254 Å². The summed E-state index contributed by atoms with van der Waals surface area (Å²) in [6.45, 7) is 0.459. The molecule has 42 heavy (non-hydrogen) atoms. The third-order valence-electron chi connectivity index (χ3n) is 6.78. The van der Waals surface area contributed by atoms with Crippen LogP contribution >= 0.6 is 12.4 Å². The van der Waals surface area contributed by atoms with Crippen LogP contribution in [0.1, 0.15) is 60.8 Å². The summed E-state index contributed by atoms with van der Waals surface area (Å²) in [6, 6.07) is 24.4. The monoisotopic (exact) mass is 595 g/mol. The number of rotatable bonds is 16. The van der Waals surface area contributed by atoms with Crippen LogP contribution in [0.5, 0.6) is 5.75 Å². The highest BCUT2D eigenvalue weighted by Crippen LogP contribution is 2.12. The summed E-state index contributed by atoms with van der Waals surface area (Å²) in [5.41, 5.74) is 12.5. The number of aromatic hydroxyl groups is 1. The van der Waals surface area contributed by atoms with Crippen molar-refractivity contribution < 1.29 is 24.3 Å². The lowest BCUT2D eigenvalue weighted by Crippen LogP contribution is -2.42. The minimum absolute atomic E-state index is 0. The van der Waals surface area contributed by atoms with Crippen molar-refractivity contribution in [2.75, 3.05) is 6.54 Å². The predicted octanol–water partition coefficient (Wildman–Crippen LogP) is 4.74. The fourth-order valence-electron chi connectivity index (χ4n) is 4.41. The highest BCUT2D eigenvalue weighted by atomic mass is 35.5. The Morgan fingerprint density at radius 1 is 0.738 bits per heavy atom. The molecular weight excluding hydrogens is 554 g/mol. The largest absolute Gasteiger partial charge is 0.508 e. The maximum Gasteiger partial charge on any atom is 0.332 e. The first-order chi connectivity index (χ1) is 19.9. The van der Waals surface area contributed by atoms with Gasteiger partial charge in [-0.1, -0.05) is 73.2 Å². The second-order valence-electron chi connectivity index (χ2n) is 10.3. The van der Waals surface area contributed by atoms with Crippen molar-refractivity contribution in [2.24, 2.45) is 5.73 Å². The van der Waals surface area contributed by atoms with Crippen molar-refractivity contribution in [1.82, 2.24) is 10.8 Å². The second-order valence-corrected chi connectivity index (χ2v) is 10.3. The third-order valence-corrected chi connectivity index (χ3v) is 6.78. The van der Waals surface area contributed by atoms with Gasteiger partial charge in [-0.2, -0.15) is 5.48 Å². The molecule has 0 bridgehead atoms. The molecular formula is C33H42ClN3O5. The van der Waals surface area contributed by atoms with E-state index in [0.717, 1.165) is 43.2 Å². The molecule has 3 aromatic carbocycles. The van der Waals surface area contributed by atoms with Gasteiger partial charge in [-0.05, 0) is 79.3 Å². The van der Waals surface area contributed by atoms with E-state index in [-0.39, 0.29) is 42.8 Å². The Balaban J connectivity index is 0.00000616. The van der Waals surface area contributed by atoms with Gasteiger partial charge in [-0.25, -0.2) is 4.79 Å². The zero-order chi connectivity index (χ0) is 29.3. The first kappa shape index (κ1) is 34.3. The number of benzene rings is 3. The number of carbonyl (C=O) groups is 3. The van der Waals surface area contributed by atoms with Gasteiger partial charge in [0.25, 0.3) is 5.91 Å². The van der Waals surface area contributed by atoms with Crippen LogP contribution in [0, 0.1) is 0 Å². The topological polar surface area (TPSA) is 131 Å². The van der Waals surface area contributed by atoms with Gasteiger partial charge in [0.1, 0.15) is 5.75 Å². The molecule has 0 saturated heterocycles. The SMILES string of the molecule is Cl.N[C@@H](Cc1ccc(O)cc1)C(=O)NCCCCCC(=O)ONC(=O)Cc1ccc(CCCCc2ccccc2)cc1. The number of aryl methyl sites for hydroxylation is 2. The molecule has 2 amide bonds. The van der Waals surface area contributed by atoms with Crippen LogP contribution < -0.4 is 16.5 Å². The number of halogens is 1. The van der Waals surface area contributed by atoms with Crippen LogP contribution in [0.15, 0.2) is 78.9 Å². The van der Waals surface area contributed by atoms with Gasteiger partial charge < -0.3 is 21.0 Å². The molecule has 1 atom stereocenters. The first-order valence-electron chi connectivity index (χ1n) is 14.3. The summed E-state index contributed by atoms with van der Waals surface area (Å²) in [5.74, 6) is -0.946. The molecule has 0 heterocycles. The number of hydroxylamine groups is 1. The molecule has 0 fully saturated rings. The third kappa shape index (κ3) is 13.7. The minimum atomic E-state index is -0.675. The molecule has 5 N–H and O–H groups in total. The molecule has 3 aromatic rings. The molecule has 0 aliphatic carbocycles. The summed E-state index contributed by atoms with van der Waals surface area (Å²) in [4.78, 5) is 41.2. The molecule has 8 nitrogen and oxygen atoms in total. The number of amides is 2. The summed E-state index contributed by atoms with van der Waals surface area (Å²) >= 11 is 0.